The van der Waals surface area contributed by atoms with E-state index in [9.17, 15) is 0 Å². The fourth-order valence-electron chi connectivity index (χ4n) is 10.5. The van der Waals surface area contributed by atoms with Crippen LogP contribution >= 0.6 is 0 Å². The third kappa shape index (κ3) is 6.60. The van der Waals surface area contributed by atoms with Crippen LogP contribution in [0.3, 0.4) is 0 Å². The molecule has 1 aromatic heterocycles. The van der Waals surface area contributed by atoms with Crippen LogP contribution in [-0.4, -0.2) is 22.4 Å². The fourth-order valence-corrected chi connectivity index (χ4v) is 10.5. The van der Waals surface area contributed by atoms with Crippen LogP contribution in [0.15, 0.2) is 223 Å². The quantitative estimate of drug-likeness (QED) is 0.173. The number of benzene rings is 9. The summed E-state index contributed by atoms with van der Waals surface area (Å²) in [5, 5.41) is 6.32. The first kappa shape index (κ1) is 38.9. The predicted octanol–water partition coefficient (Wildman–Crippen LogP) is 14.8. The third-order valence-electron chi connectivity index (χ3n) is 13.9. The largest absolute Gasteiger partial charge is 0.350 e. The topological polar surface area (TPSA) is 32.6 Å². The molecule has 1 aliphatic heterocycles. The van der Waals surface area contributed by atoms with Crippen LogP contribution in [0, 0.1) is 0 Å². The maximum Gasteiger partial charge on any atom is 0.132 e. The standard InChI is InChI=1S/C61H48N4/c1-61(2)54-23-12-10-21-50(54)51-35-33-47(39-55(51)61)43-27-25-42(26-28-43)46-34-36-57-53(38-46)52-22-11-13-24-56(52)65(57)49-20-14-19-48(37-49)58-62-59(44-17-8-5-9-18-44)64(3)60(63-58)45-31-29-41(30-32-45)40-15-6-4-7-16-40/h4-39,59-60H,1-3H3,(H,62,63). The van der Waals surface area contributed by atoms with Gasteiger partial charge in [-0.1, -0.05) is 196 Å². The highest BCUT2D eigenvalue weighted by atomic mass is 15.4. The number of hydrogen-bond acceptors (Lipinski definition) is 3. The van der Waals surface area contributed by atoms with E-state index in [2.05, 4.69) is 254 Å². The molecule has 4 nitrogen and oxygen atoms in total. The molecular weight excluding hydrogens is 789 g/mol. The lowest BCUT2D eigenvalue weighted by Crippen LogP contribution is -2.45. The molecule has 0 saturated carbocycles. The molecular formula is C61H48N4. The molecule has 9 aromatic carbocycles. The highest BCUT2D eigenvalue weighted by Crippen LogP contribution is 2.49. The maximum absolute atomic E-state index is 5.41. The Morgan fingerprint density at radius 3 is 1.78 bits per heavy atom. The van der Waals surface area contributed by atoms with E-state index >= 15 is 0 Å². The minimum Gasteiger partial charge on any atom is -0.350 e. The van der Waals surface area contributed by atoms with Crippen molar-refractivity contribution in [1.82, 2.24) is 14.8 Å². The molecule has 2 aliphatic rings. The Morgan fingerprint density at radius 1 is 0.431 bits per heavy atom. The zero-order valence-corrected chi connectivity index (χ0v) is 36.8. The van der Waals surface area contributed by atoms with Crippen molar-refractivity contribution in [2.45, 2.75) is 31.6 Å². The van der Waals surface area contributed by atoms with Gasteiger partial charge in [0.1, 0.15) is 18.2 Å². The molecule has 0 radical (unpaired) electrons. The highest BCUT2D eigenvalue weighted by molar-refractivity contribution is 6.11. The summed E-state index contributed by atoms with van der Waals surface area (Å²) < 4.78 is 2.40. The Morgan fingerprint density at radius 2 is 1.00 bits per heavy atom. The van der Waals surface area contributed by atoms with Crippen LogP contribution in [0.25, 0.3) is 72.0 Å². The van der Waals surface area contributed by atoms with Crippen molar-refractivity contribution in [1.29, 1.82) is 0 Å². The monoisotopic (exact) mass is 836 g/mol. The van der Waals surface area contributed by atoms with Crippen molar-refractivity contribution in [3.63, 3.8) is 0 Å². The summed E-state index contributed by atoms with van der Waals surface area (Å²) >= 11 is 0. The van der Waals surface area contributed by atoms with Gasteiger partial charge in [0.25, 0.3) is 0 Å². The van der Waals surface area contributed by atoms with Crippen LogP contribution in [0.2, 0.25) is 0 Å². The number of hydrogen-bond donors (Lipinski definition) is 1. The number of nitrogens with zero attached hydrogens (tertiary/aromatic N) is 3. The first-order chi connectivity index (χ1) is 31.9. The number of nitrogens with one attached hydrogen (secondary N) is 1. The van der Waals surface area contributed by atoms with E-state index in [4.69, 9.17) is 4.99 Å². The molecule has 2 unspecified atom stereocenters. The molecule has 2 heterocycles. The smallest absolute Gasteiger partial charge is 0.132 e. The third-order valence-corrected chi connectivity index (χ3v) is 13.9. The van der Waals surface area contributed by atoms with Crippen molar-refractivity contribution in [2.24, 2.45) is 4.99 Å². The second-order valence-corrected chi connectivity index (χ2v) is 18.1. The fraction of sp³-hybridized carbons (Fsp3) is 0.0984. The number of aromatic nitrogens is 1. The predicted molar refractivity (Wildman–Crippen MR) is 270 cm³/mol. The zero-order valence-electron chi connectivity index (χ0n) is 36.8. The Labute approximate surface area is 380 Å². The molecule has 0 bridgehead atoms. The van der Waals surface area contributed by atoms with Crippen molar-refractivity contribution in [2.75, 3.05) is 7.05 Å². The molecule has 0 amide bonds. The summed E-state index contributed by atoms with van der Waals surface area (Å²) in [7, 11) is 2.16. The lowest BCUT2D eigenvalue weighted by Gasteiger charge is -2.39. The Bertz CT molecular complexity index is 3440. The van der Waals surface area contributed by atoms with Gasteiger partial charge in [0.15, 0.2) is 0 Å². The summed E-state index contributed by atoms with van der Waals surface area (Å²) in [6, 6.07) is 79.6. The molecule has 2 atom stereocenters. The normalized spacial score (nSPS) is 16.5. The van der Waals surface area contributed by atoms with Gasteiger partial charge in [0.05, 0.1) is 11.0 Å². The molecule has 1 N–H and O–H groups in total. The average Bonchev–Trinajstić information content (AvgIpc) is 3.82. The van der Waals surface area contributed by atoms with Gasteiger partial charge in [-0.25, -0.2) is 4.99 Å². The summed E-state index contributed by atoms with van der Waals surface area (Å²) in [5.41, 5.74) is 19.6. The molecule has 65 heavy (non-hydrogen) atoms. The van der Waals surface area contributed by atoms with Gasteiger partial charge in [0, 0.05) is 27.4 Å². The van der Waals surface area contributed by atoms with Crippen LogP contribution in [-0.2, 0) is 5.41 Å². The summed E-state index contributed by atoms with van der Waals surface area (Å²) in [6.45, 7) is 4.69. The first-order valence-electron chi connectivity index (χ1n) is 22.6. The van der Waals surface area contributed by atoms with Crippen molar-refractivity contribution in [3.8, 4) is 50.2 Å². The van der Waals surface area contributed by atoms with Crippen molar-refractivity contribution in [3.05, 3.63) is 246 Å². The number of amidine groups is 1. The molecule has 4 heteroatoms. The van der Waals surface area contributed by atoms with Crippen LogP contribution in [0.4, 0.5) is 0 Å². The van der Waals surface area contributed by atoms with Gasteiger partial charge in [-0.15, -0.1) is 0 Å². The minimum atomic E-state index is -0.172. The van der Waals surface area contributed by atoms with Gasteiger partial charge in [-0.05, 0) is 110 Å². The van der Waals surface area contributed by atoms with Crippen molar-refractivity contribution >= 4 is 27.6 Å². The number of aliphatic imine (C=N–C) groups is 1. The molecule has 0 saturated heterocycles. The van der Waals surface area contributed by atoms with Crippen molar-refractivity contribution < 1.29 is 0 Å². The molecule has 0 spiro atoms. The van der Waals surface area contributed by atoms with Crippen LogP contribution in [0.1, 0.15) is 54.0 Å². The minimum absolute atomic E-state index is 0.0270. The van der Waals surface area contributed by atoms with E-state index in [1.807, 2.05) is 0 Å². The van der Waals surface area contributed by atoms with Gasteiger partial charge in [0.2, 0.25) is 0 Å². The van der Waals surface area contributed by atoms with Crippen LogP contribution in [0.5, 0.6) is 0 Å². The number of fused-ring (bicyclic) bond motifs is 6. The molecule has 1 aliphatic carbocycles. The van der Waals surface area contributed by atoms with Crippen LogP contribution < -0.4 is 5.32 Å². The van der Waals surface area contributed by atoms with Gasteiger partial charge >= 0.3 is 0 Å². The molecule has 0 fully saturated rings. The summed E-state index contributed by atoms with van der Waals surface area (Å²) in [5.74, 6) is 0.871. The maximum atomic E-state index is 5.41. The Balaban J connectivity index is 0.882. The summed E-state index contributed by atoms with van der Waals surface area (Å²) in [6.07, 6.45) is -0.269. The zero-order chi connectivity index (χ0) is 43.6. The lowest BCUT2D eigenvalue weighted by atomic mass is 9.81. The summed E-state index contributed by atoms with van der Waals surface area (Å²) in [4.78, 5) is 7.74. The van der Waals surface area contributed by atoms with E-state index in [0.717, 1.165) is 22.6 Å². The number of para-hydroxylation sites is 1. The Kier molecular flexibility index (Phi) is 9.25. The van der Waals surface area contributed by atoms with E-state index in [1.54, 1.807) is 0 Å². The lowest BCUT2D eigenvalue weighted by molar-refractivity contribution is 0.152. The average molecular weight is 837 g/mol. The second kappa shape index (κ2) is 15.5. The van der Waals surface area contributed by atoms with Gasteiger partial charge in [-0.3, -0.25) is 4.90 Å². The molecule has 12 rings (SSSR count). The molecule has 312 valence electrons. The van der Waals surface area contributed by atoms with Gasteiger partial charge < -0.3 is 9.88 Å². The van der Waals surface area contributed by atoms with E-state index in [-0.39, 0.29) is 17.7 Å². The molecule has 10 aromatic rings. The number of rotatable bonds is 7. The second-order valence-electron chi connectivity index (χ2n) is 18.1. The highest BCUT2D eigenvalue weighted by Gasteiger charge is 2.35. The SMILES string of the molecule is CN1C(c2ccccc2)N=C(c2cccc(-n3c4ccccc4c4cc(-c5ccc(-c6ccc7c(c6)C(C)(C)c6ccccc6-7)cc5)ccc43)c2)NC1c1ccc(-c2ccccc2)cc1. The van der Waals surface area contributed by atoms with E-state index < -0.39 is 0 Å². The van der Waals surface area contributed by atoms with Gasteiger partial charge in [-0.2, -0.15) is 0 Å². The van der Waals surface area contributed by atoms with E-state index in [0.29, 0.717) is 0 Å². The first-order valence-corrected chi connectivity index (χ1v) is 22.6. The Hall–Kier alpha value is -7.79. The van der Waals surface area contributed by atoms with E-state index in [1.165, 1.54) is 83.0 Å².